The van der Waals surface area contributed by atoms with Crippen LogP contribution in [0.5, 0.6) is 0 Å². The van der Waals surface area contributed by atoms with Gasteiger partial charge in [-0.05, 0) is 13.0 Å². The number of aliphatic hydroxyl groups excluding tert-OH is 1. The average molecular weight is 210 g/mol. The third-order valence-corrected chi connectivity index (χ3v) is 2.83. The van der Waals surface area contributed by atoms with Crippen LogP contribution < -0.4 is 5.32 Å². The molecule has 0 atom stereocenters. The average Bonchev–Trinajstić information content (AvgIpc) is 2.61. The van der Waals surface area contributed by atoms with E-state index in [0.29, 0.717) is 5.76 Å². The summed E-state index contributed by atoms with van der Waals surface area (Å²) in [4.78, 5) is 2.40. The lowest BCUT2D eigenvalue weighted by atomic mass is 10.2. The molecule has 1 aromatic rings. The summed E-state index contributed by atoms with van der Waals surface area (Å²) < 4.78 is 5.41. The number of furan rings is 1. The van der Waals surface area contributed by atoms with Crippen LogP contribution in [0.4, 0.5) is 0 Å². The maximum atomic E-state index is 8.96. The fraction of sp³-hybridized carbons (Fsp3) is 0.636. The Morgan fingerprint density at radius 3 is 2.80 bits per heavy atom. The standard InChI is InChI=1S/C11H18N2O2/c1-9-10(6-11(8-14)15-9)7-13-4-2-12-3-5-13/h6,12,14H,2-5,7-8H2,1H3. The van der Waals surface area contributed by atoms with Crippen LogP contribution in [-0.2, 0) is 13.2 Å². The highest BCUT2D eigenvalue weighted by Crippen LogP contribution is 2.16. The maximum Gasteiger partial charge on any atom is 0.129 e. The molecule has 0 aliphatic carbocycles. The topological polar surface area (TPSA) is 48.6 Å². The normalized spacial score (nSPS) is 18.3. The molecule has 1 aliphatic heterocycles. The van der Waals surface area contributed by atoms with Gasteiger partial charge in [-0.25, -0.2) is 0 Å². The Balaban J connectivity index is 1.99. The lowest BCUT2D eigenvalue weighted by Crippen LogP contribution is -2.42. The van der Waals surface area contributed by atoms with E-state index >= 15 is 0 Å². The maximum absolute atomic E-state index is 8.96. The van der Waals surface area contributed by atoms with E-state index < -0.39 is 0 Å². The van der Waals surface area contributed by atoms with Crippen molar-refractivity contribution in [1.82, 2.24) is 10.2 Å². The van der Waals surface area contributed by atoms with E-state index in [2.05, 4.69) is 10.2 Å². The van der Waals surface area contributed by atoms with E-state index in [1.165, 1.54) is 5.56 Å². The largest absolute Gasteiger partial charge is 0.464 e. The minimum atomic E-state index is -0.0115. The van der Waals surface area contributed by atoms with Crippen LogP contribution in [0.25, 0.3) is 0 Å². The predicted molar refractivity (Wildman–Crippen MR) is 57.5 cm³/mol. The number of nitrogens with zero attached hydrogens (tertiary/aromatic N) is 1. The van der Waals surface area contributed by atoms with Gasteiger partial charge in [0.15, 0.2) is 0 Å². The molecule has 2 rings (SSSR count). The molecule has 84 valence electrons. The number of nitrogens with one attached hydrogen (secondary N) is 1. The van der Waals surface area contributed by atoms with Gasteiger partial charge in [0.1, 0.15) is 18.1 Å². The lowest BCUT2D eigenvalue weighted by Gasteiger charge is -2.26. The molecule has 0 amide bonds. The molecule has 4 heteroatoms. The first-order chi connectivity index (χ1) is 7.29. The second-order valence-corrected chi connectivity index (χ2v) is 3.98. The number of hydrogen-bond donors (Lipinski definition) is 2. The van der Waals surface area contributed by atoms with E-state index in [1.807, 2.05) is 13.0 Å². The van der Waals surface area contributed by atoms with Crippen LogP contribution in [0.15, 0.2) is 10.5 Å². The van der Waals surface area contributed by atoms with E-state index in [1.54, 1.807) is 0 Å². The molecule has 2 N–H and O–H groups in total. The van der Waals surface area contributed by atoms with Crippen LogP contribution >= 0.6 is 0 Å². The van der Waals surface area contributed by atoms with Gasteiger partial charge < -0.3 is 14.8 Å². The first-order valence-corrected chi connectivity index (χ1v) is 5.41. The van der Waals surface area contributed by atoms with Crippen LogP contribution in [-0.4, -0.2) is 36.2 Å². The molecule has 0 saturated carbocycles. The highest BCUT2D eigenvalue weighted by Gasteiger charge is 2.13. The second kappa shape index (κ2) is 4.79. The van der Waals surface area contributed by atoms with Gasteiger partial charge in [-0.3, -0.25) is 4.90 Å². The summed E-state index contributed by atoms with van der Waals surface area (Å²) in [6.07, 6.45) is 0. The van der Waals surface area contributed by atoms with Gasteiger partial charge in [0.05, 0.1) is 0 Å². The van der Waals surface area contributed by atoms with Crippen molar-refractivity contribution < 1.29 is 9.52 Å². The molecule has 1 fully saturated rings. The van der Waals surface area contributed by atoms with Crippen LogP contribution in [0.3, 0.4) is 0 Å². The molecule has 15 heavy (non-hydrogen) atoms. The second-order valence-electron chi connectivity index (χ2n) is 3.98. The van der Waals surface area contributed by atoms with Gasteiger partial charge in [-0.2, -0.15) is 0 Å². The molecular formula is C11H18N2O2. The third kappa shape index (κ3) is 2.59. The first kappa shape index (κ1) is 10.7. The van der Waals surface area contributed by atoms with Crippen molar-refractivity contribution in [3.63, 3.8) is 0 Å². The molecule has 0 spiro atoms. The summed E-state index contributed by atoms with van der Waals surface area (Å²) in [5.74, 6) is 1.59. The van der Waals surface area contributed by atoms with Crippen molar-refractivity contribution in [1.29, 1.82) is 0 Å². The van der Waals surface area contributed by atoms with Crippen molar-refractivity contribution >= 4 is 0 Å². The van der Waals surface area contributed by atoms with Crippen molar-refractivity contribution in [3.05, 3.63) is 23.2 Å². The minimum absolute atomic E-state index is 0.0115. The van der Waals surface area contributed by atoms with Crippen molar-refractivity contribution in [2.75, 3.05) is 26.2 Å². The monoisotopic (exact) mass is 210 g/mol. The Morgan fingerprint density at radius 1 is 1.47 bits per heavy atom. The Hall–Kier alpha value is -0.840. The fourth-order valence-corrected chi connectivity index (χ4v) is 1.93. The smallest absolute Gasteiger partial charge is 0.129 e. The number of rotatable bonds is 3. The van der Waals surface area contributed by atoms with Crippen molar-refractivity contribution in [2.45, 2.75) is 20.1 Å². The third-order valence-electron chi connectivity index (χ3n) is 2.83. The van der Waals surface area contributed by atoms with Gasteiger partial charge in [0, 0.05) is 38.3 Å². The molecule has 1 saturated heterocycles. The van der Waals surface area contributed by atoms with E-state index in [0.717, 1.165) is 38.5 Å². The molecule has 0 radical (unpaired) electrons. The van der Waals surface area contributed by atoms with E-state index in [-0.39, 0.29) is 6.61 Å². The first-order valence-electron chi connectivity index (χ1n) is 5.41. The van der Waals surface area contributed by atoms with Crippen LogP contribution in [0, 0.1) is 6.92 Å². The van der Waals surface area contributed by atoms with Gasteiger partial charge in [-0.15, -0.1) is 0 Å². The number of aryl methyl sites for hydroxylation is 1. The fourth-order valence-electron chi connectivity index (χ4n) is 1.93. The highest BCUT2D eigenvalue weighted by molar-refractivity contribution is 5.20. The summed E-state index contributed by atoms with van der Waals surface area (Å²) in [7, 11) is 0. The molecule has 0 unspecified atom stereocenters. The minimum Gasteiger partial charge on any atom is -0.464 e. The van der Waals surface area contributed by atoms with Crippen molar-refractivity contribution in [2.24, 2.45) is 0 Å². The zero-order valence-electron chi connectivity index (χ0n) is 9.12. The molecule has 1 aromatic heterocycles. The van der Waals surface area contributed by atoms with E-state index in [4.69, 9.17) is 9.52 Å². The quantitative estimate of drug-likeness (QED) is 0.762. The summed E-state index contributed by atoms with van der Waals surface area (Å²) in [6.45, 7) is 7.15. The summed E-state index contributed by atoms with van der Waals surface area (Å²) in [5, 5.41) is 12.3. The number of aliphatic hydroxyl groups is 1. The van der Waals surface area contributed by atoms with Crippen molar-refractivity contribution in [3.8, 4) is 0 Å². The zero-order valence-corrected chi connectivity index (χ0v) is 9.12. The molecule has 1 aliphatic rings. The lowest BCUT2D eigenvalue weighted by molar-refractivity contribution is 0.231. The number of piperazine rings is 1. The zero-order chi connectivity index (χ0) is 10.7. The Morgan fingerprint density at radius 2 is 2.20 bits per heavy atom. The number of hydrogen-bond acceptors (Lipinski definition) is 4. The van der Waals surface area contributed by atoms with Gasteiger partial charge in [-0.1, -0.05) is 0 Å². The molecule has 0 bridgehead atoms. The Kier molecular flexibility index (Phi) is 3.41. The summed E-state index contributed by atoms with van der Waals surface area (Å²) in [6, 6.07) is 1.96. The van der Waals surface area contributed by atoms with Gasteiger partial charge in [0.2, 0.25) is 0 Å². The summed E-state index contributed by atoms with van der Waals surface area (Å²) >= 11 is 0. The molecular weight excluding hydrogens is 192 g/mol. The van der Waals surface area contributed by atoms with Crippen LogP contribution in [0.2, 0.25) is 0 Å². The molecule has 2 heterocycles. The van der Waals surface area contributed by atoms with E-state index in [9.17, 15) is 0 Å². The summed E-state index contributed by atoms with van der Waals surface area (Å²) in [5.41, 5.74) is 1.20. The molecule has 0 aromatic carbocycles. The molecule has 4 nitrogen and oxygen atoms in total. The SMILES string of the molecule is Cc1oc(CO)cc1CN1CCNCC1. The predicted octanol–water partition coefficient (Wildman–Crippen LogP) is 0.486. The Bertz CT molecular complexity index is 316. The van der Waals surface area contributed by atoms with Crippen LogP contribution in [0.1, 0.15) is 17.1 Å². The highest BCUT2D eigenvalue weighted by atomic mass is 16.4. The Labute approximate surface area is 89.9 Å². The van der Waals surface area contributed by atoms with Gasteiger partial charge in [0.25, 0.3) is 0 Å². The van der Waals surface area contributed by atoms with Gasteiger partial charge >= 0.3 is 0 Å².